The van der Waals surface area contributed by atoms with E-state index in [-0.39, 0.29) is 11.3 Å². The third kappa shape index (κ3) is 3.91. The molecule has 2 N–H and O–H groups in total. The van der Waals surface area contributed by atoms with Crippen LogP contribution in [0.5, 0.6) is 5.75 Å². The Morgan fingerprint density at radius 3 is 2.29 bits per heavy atom. The van der Waals surface area contributed by atoms with Crippen LogP contribution in [0.3, 0.4) is 0 Å². The van der Waals surface area contributed by atoms with Gasteiger partial charge in [-0.3, -0.25) is 10.1 Å². The van der Waals surface area contributed by atoms with Gasteiger partial charge in [0, 0.05) is 0 Å². The maximum atomic E-state index is 12.2. The first-order chi connectivity index (χ1) is 9.49. The van der Waals surface area contributed by atoms with E-state index >= 15 is 0 Å². The number of nitrogens with two attached hydrogens (primary N) is 1. The maximum absolute atomic E-state index is 12.2. The molecule has 0 bridgehead atoms. The van der Waals surface area contributed by atoms with Crippen LogP contribution >= 0.6 is 0 Å². The number of rotatable bonds is 4. The number of esters is 1. The van der Waals surface area contributed by atoms with Crippen LogP contribution < -0.4 is 10.5 Å². The van der Waals surface area contributed by atoms with Crippen molar-refractivity contribution in [3.8, 4) is 5.75 Å². The lowest BCUT2D eigenvalue weighted by Gasteiger charge is -2.28. The molecule has 0 amide bonds. The van der Waals surface area contributed by atoms with E-state index in [2.05, 4.69) is 0 Å². The van der Waals surface area contributed by atoms with Gasteiger partial charge in [0.1, 0.15) is 16.9 Å². The van der Waals surface area contributed by atoms with Gasteiger partial charge >= 0.3 is 5.97 Å². The minimum absolute atomic E-state index is 0.0718. The summed E-state index contributed by atoms with van der Waals surface area (Å²) in [7, 11) is 1.40. The Hall–Kier alpha value is -2.15. The van der Waals surface area contributed by atoms with Crippen molar-refractivity contribution in [2.45, 2.75) is 38.8 Å². The van der Waals surface area contributed by atoms with E-state index in [0.717, 1.165) is 0 Å². The lowest BCUT2D eigenvalue weighted by molar-refractivity contribution is -0.386. The van der Waals surface area contributed by atoms with Crippen LogP contribution in [0.25, 0.3) is 0 Å². The van der Waals surface area contributed by atoms with Crippen LogP contribution in [0.15, 0.2) is 18.2 Å². The Kier molecular flexibility index (Phi) is 4.58. The van der Waals surface area contributed by atoms with Crippen molar-refractivity contribution in [2.24, 2.45) is 5.73 Å². The summed E-state index contributed by atoms with van der Waals surface area (Å²) in [5.74, 6) is -0.422. The number of ether oxygens (including phenoxy) is 2. The number of hydrogen-bond donors (Lipinski definition) is 1. The molecule has 0 radical (unpaired) electrons. The first-order valence-corrected chi connectivity index (χ1v) is 6.34. The highest BCUT2D eigenvalue weighted by atomic mass is 16.6. The van der Waals surface area contributed by atoms with Gasteiger partial charge < -0.3 is 15.2 Å². The summed E-state index contributed by atoms with van der Waals surface area (Å²) in [4.78, 5) is 22.8. The SMILES string of the molecule is COc1ccc([C@](C)(N)C(=O)OC(C)(C)C)c([N+](=O)[O-])c1. The summed E-state index contributed by atoms with van der Waals surface area (Å²) in [6.07, 6.45) is 0. The van der Waals surface area contributed by atoms with E-state index in [9.17, 15) is 14.9 Å². The summed E-state index contributed by atoms with van der Waals surface area (Å²) < 4.78 is 10.2. The lowest BCUT2D eigenvalue weighted by Crippen LogP contribution is -2.46. The molecule has 0 aliphatic carbocycles. The van der Waals surface area contributed by atoms with Crippen molar-refractivity contribution in [2.75, 3.05) is 7.11 Å². The zero-order valence-corrected chi connectivity index (χ0v) is 12.8. The molecule has 0 aliphatic heterocycles. The molecule has 0 fully saturated rings. The Morgan fingerprint density at radius 2 is 1.86 bits per heavy atom. The predicted octanol–water partition coefficient (Wildman–Crippen LogP) is 2.12. The molecule has 0 unspecified atom stereocenters. The molecule has 7 nitrogen and oxygen atoms in total. The second-order valence-electron chi connectivity index (χ2n) is 5.84. The van der Waals surface area contributed by atoms with Gasteiger partial charge in [0.15, 0.2) is 0 Å². The Morgan fingerprint density at radius 1 is 1.29 bits per heavy atom. The largest absolute Gasteiger partial charge is 0.497 e. The van der Waals surface area contributed by atoms with Gasteiger partial charge in [-0.1, -0.05) is 0 Å². The average molecular weight is 296 g/mol. The molecule has 21 heavy (non-hydrogen) atoms. The fourth-order valence-electron chi connectivity index (χ4n) is 1.72. The highest BCUT2D eigenvalue weighted by Gasteiger charge is 2.40. The monoisotopic (exact) mass is 296 g/mol. The summed E-state index contributed by atoms with van der Waals surface area (Å²) in [6, 6.07) is 4.14. The fourth-order valence-corrected chi connectivity index (χ4v) is 1.72. The molecular weight excluding hydrogens is 276 g/mol. The van der Waals surface area contributed by atoms with Crippen LogP contribution in [0.4, 0.5) is 5.69 Å². The standard InChI is InChI=1S/C14H20N2O5/c1-13(2,3)21-12(17)14(4,15)10-7-6-9(20-5)8-11(10)16(18)19/h6-8H,15H2,1-5H3/t14-/m0/s1. The van der Waals surface area contributed by atoms with Crippen molar-refractivity contribution < 1.29 is 19.2 Å². The Bertz CT molecular complexity index is 561. The van der Waals surface area contributed by atoms with E-state index in [0.29, 0.717) is 5.75 Å². The van der Waals surface area contributed by atoms with Crippen LogP contribution in [-0.4, -0.2) is 23.6 Å². The molecule has 0 saturated carbocycles. The van der Waals surface area contributed by atoms with Crippen molar-refractivity contribution >= 4 is 11.7 Å². The van der Waals surface area contributed by atoms with Gasteiger partial charge in [-0.05, 0) is 39.8 Å². The Balaban J connectivity index is 3.30. The van der Waals surface area contributed by atoms with Crippen LogP contribution in [0.1, 0.15) is 33.3 Å². The van der Waals surface area contributed by atoms with E-state index in [4.69, 9.17) is 15.2 Å². The minimum atomic E-state index is -1.64. The number of nitro benzene ring substituents is 1. The molecule has 0 heterocycles. The topological polar surface area (TPSA) is 105 Å². The smallest absolute Gasteiger partial charge is 0.331 e. The van der Waals surface area contributed by atoms with E-state index in [1.54, 1.807) is 20.8 Å². The molecule has 1 aromatic rings. The number of benzene rings is 1. The van der Waals surface area contributed by atoms with Crippen molar-refractivity contribution in [3.63, 3.8) is 0 Å². The number of carbonyl (C=O) groups excluding carboxylic acids is 1. The maximum Gasteiger partial charge on any atom is 0.331 e. The number of nitro groups is 1. The van der Waals surface area contributed by atoms with Gasteiger partial charge in [0.2, 0.25) is 0 Å². The van der Waals surface area contributed by atoms with Crippen molar-refractivity contribution in [1.82, 2.24) is 0 Å². The lowest BCUT2D eigenvalue weighted by atomic mass is 9.91. The van der Waals surface area contributed by atoms with Gasteiger partial charge in [0.25, 0.3) is 5.69 Å². The second-order valence-corrected chi connectivity index (χ2v) is 5.84. The van der Waals surface area contributed by atoms with E-state index < -0.39 is 22.0 Å². The minimum Gasteiger partial charge on any atom is -0.497 e. The zero-order chi connectivity index (χ0) is 16.4. The zero-order valence-electron chi connectivity index (χ0n) is 12.8. The molecule has 116 valence electrons. The fraction of sp³-hybridized carbons (Fsp3) is 0.500. The normalized spacial score (nSPS) is 14.2. The van der Waals surface area contributed by atoms with Gasteiger partial charge in [-0.25, -0.2) is 4.79 Å². The highest BCUT2D eigenvalue weighted by molar-refractivity contribution is 5.84. The summed E-state index contributed by atoms with van der Waals surface area (Å²) in [6.45, 7) is 6.48. The molecule has 0 aliphatic rings. The summed E-state index contributed by atoms with van der Waals surface area (Å²) >= 11 is 0. The molecule has 1 rings (SSSR count). The number of nitrogens with zero attached hydrogens (tertiary/aromatic N) is 1. The van der Waals surface area contributed by atoms with Gasteiger partial charge in [-0.2, -0.15) is 0 Å². The van der Waals surface area contributed by atoms with Crippen LogP contribution in [-0.2, 0) is 15.1 Å². The van der Waals surface area contributed by atoms with Gasteiger partial charge in [0.05, 0.1) is 23.7 Å². The highest BCUT2D eigenvalue weighted by Crippen LogP contribution is 2.33. The quantitative estimate of drug-likeness (QED) is 0.518. The summed E-state index contributed by atoms with van der Waals surface area (Å²) in [5, 5.41) is 11.2. The van der Waals surface area contributed by atoms with Gasteiger partial charge in [-0.15, -0.1) is 0 Å². The third-order valence-electron chi connectivity index (χ3n) is 2.78. The molecule has 0 saturated heterocycles. The van der Waals surface area contributed by atoms with E-state index in [1.165, 1.54) is 32.2 Å². The molecule has 1 aromatic carbocycles. The molecule has 7 heteroatoms. The number of carbonyl (C=O) groups is 1. The Labute approximate surface area is 123 Å². The summed E-state index contributed by atoms with van der Waals surface area (Å²) in [5.41, 5.74) is 3.41. The number of methoxy groups -OCH3 is 1. The first-order valence-electron chi connectivity index (χ1n) is 6.34. The van der Waals surface area contributed by atoms with Crippen LogP contribution in [0, 0.1) is 10.1 Å². The molecule has 0 aromatic heterocycles. The molecular formula is C14H20N2O5. The van der Waals surface area contributed by atoms with Crippen molar-refractivity contribution in [1.29, 1.82) is 0 Å². The van der Waals surface area contributed by atoms with Crippen LogP contribution in [0.2, 0.25) is 0 Å². The average Bonchev–Trinajstić information content (AvgIpc) is 2.35. The first kappa shape index (κ1) is 16.9. The molecule has 0 spiro atoms. The van der Waals surface area contributed by atoms with Crippen molar-refractivity contribution in [3.05, 3.63) is 33.9 Å². The third-order valence-corrected chi connectivity index (χ3v) is 2.78. The predicted molar refractivity (Wildman–Crippen MR) is 77.0 cm³/mol. The number of hydrogen-bond acceptors (Lipinski definition) is 6. The van der Waals surface area contributed by atoms with E-state index in [1.807, 2.05) is 0 Å². The second kappa shape index (κ2) is 5.69. The molecule has 1 atom stereocenters.